The molecule has 0 atom stereocenters. The summed E-state index contributed by atoms with van der Waals surface area (Å²) in [6, 6.07) is 0. The molecule has 0 aliphatic carbocycles. The van der Waals surface area contributed by atoms with E-state index in [1.165, 1.54) is 0 Å². The van der Waals surface area contributed by atoms with Gasteiger partial charge >= 0.3 is 0 Å². The van der Waals surface area contributed by atoms with Crippen LogP contribution in [-0.2, 0) is 8.87 Å². The number of unbranched alkanes of at least 4 members (excludes halogenated alkanes) is 1. The summed E-state index contributed by atoms with van der Waals surface area (Å²) in [7, 11) is -1.90. The van der Waals surface area contributed by atoms with E-state index in [1.54, 1.807) is 0 Å². The number of hydrogen-bond donors (Lipinski definition) is 0. The number of rotatable bonds is 6. The molecule has 0 aromatic carbocycles. The lowest BCUT2D eigenvalue weighted by Crippen LogP contribution is -2.02. The Hall–Kier alpha value is 0.590. The molecule has 0 aliphatic rings. The smallest absolute Gasteiger partial charge is 0.202 e. The molecule has 68 valence electrons. The minimum absolute atomic E-state index is 0.0862. The van der Waals surface area contributed by atoms with Crippen molar-refractivity contribution < 1.29 is 8.42 Å². The summed E-state index contributed by atoms with van der Waals surface area (Å²) in [6.45, 7) is 2.04. The SMILES string of the molecule is CCCCSS(=O)(=O)CCCl. The van der Waals surface area contributed by atoms with Crippen molar-refractivity contribution >= 4 is 31.3 Å². The van der Waals surface area contributed by atoms with Crippen molar-refractivity contribution in [2.75, 3.05) is 17.4 Å². The Morgan fingerprint density at radius 1 is 1.45 bits per heavy atom. The Morgan fingerprint density at radius 2 is 2.09 bits per heavy atom. The van der Waals surface area contributed by atoms with E-state index < -0.39 is 8.87 Å². The molecule has 0 radical (unpaired) electrons. The Labute approximate surface area is 77.0 Å². The van der Waals surface area contributed by atoms with Crippen LogP contribution in [0.15, 0.2) is 0 Å². The Kier molecular flexibility index (Phi) is 6.47. The van der Waals surface area contributed by atoms with Crippen LogP contribution in [-0.4, -0.2) is 25.8 Å². The maximum Gasteiger partial charge on any atom is 0.202 e. The summed E-state index contributed by atoms with van der Waals surface area (Å²) in [5.74, 6) is 0.972. The molecule has 0 aliphatic heterocycles. The van der Waals surface area contributed by atoms with E-state index in [0.29, 0.717) is 5.75 Å². The van der Waals surface area contributed by atoms with Crippen LogP contribution in [0.5, 0.6) is 0 Å². The van der Waals surface area contributed by atoms with Crippen molar-refractivity contribution in [3.05, 3.63) is 0 Å². The van der Waals surface area contributed by atoms with E-state index in [0.717, 1.165) is 23.6 Å². The highest BCUT2D eigenvalue weighted by atomic mass is 35.5. The van der Waals surface area contributed by atoms with E-state index in [1.807, 2.05) is 6.92 Å². The first kappa shape index (κ1) is 11.6. The van der Waals surface area contributed by atoms with Gasteiger partial charge in [0.25, 0.3) is 0 Å². The quantitative estimate of drug-likeness (QED) is 0.388. The minimum Gasteiger partial charge on any atom is -0.217 e. The maximum atomic E-state index is 11.0. The Balaban J connectivity index is 3.56. The normalized spacial score (nSPS) is 11.8. The first-order chi connectivity index (χ1) is 5.12. The van der Waals surface area contributed by atoms with Crippen molar-refractivity contribution in [1.82, 2.24) is 0 Å². The predicted molar refractivity (Wildman–Crippen MR) is 51.9 cm³/mol. The van der Waals surface area contributed by atoms with Crippen molar-refractivity contribution in [1.29, 1.82) is 0 Å². The van der Waals surface area contributed by atoms with E-state index >= 15 is 0 Å². The molecule has 0 bridgehead atoms. The topological polar surface area (TPSA) is 34.1 Å². The van der Waals surface area contributed by atoms with Gasteiger partial charge in [0.15, 0.2) is 0 Å². The van der Waals surface area contributed by atoms with Gasteiger partial charge in [0.2, 0.25) is 8.87 Å². The maximum absolute atomic E-state index is 11.0. The molecule has 0 N–H and O–H groups in total. The van der Waals surface area contributed by atoms with Crippen molar-refractivity contribution in [3.8, 4) is 0 Å². The molecule has 0 saturated heterocycles. The lowest BCUT2D eigenvalue weighted by Gasteiger charge is -1.98. The molecule has 0 fully saturated rings. The van der Waals surface area contributed by atoms with Crippen LogP contribution in [0.3, 0.4) is 0 Å². The molecule has 2 nitrogen and oxygen atoms in total. The summed E-state index contributed by atoms with van der Waals surface area (Å²) >= 11 is 5.31. The van der Waals surface area contributed by atoms with E-state index in [2.05, 4.69) is 0 Å². The van der Waals surface area contributed by atoms with Crippen LogP contribution >= 0.6 is 22.4 Å². The average molecular weight is 217 g/mol. The number of alkyl halides is 1. The van der Waals surface area contributed by atoms with Gasteiger partial charge in [-0.25, -0.2) is 8.42 Å². The second kappa shape index (κ2) is 6.14. The Bertz CT molecular complexity index is 177. The first-order valence-corrected chi connectivity index (χ1v) is 7.24. The van der Waals surface area contributed by atoms with Gasteiger partial charge in [-0.05, 0) is 17.2 Å². The third-order valence-electron chi connectivity index (χ3n) is 1.09. The van der Waals surface area contributed by atoms with E-state index in [-0.39, 0.29) is 11.6 Å². The van der Waals surface area contributed by atoms with Crippen LogP contribution in [0.2, 0.25) is 0 Å². The zero-order valence-electron chi connectivity index (χ0n) is 6.55. The summed E-state index contributed by atoms with van der Waals surface area (Å²) in [4.78, 5) is 0. The summed E-state index contributed by atoms with van der Waals surface area (Å²) in [6.07, 6.45) is 1.98. The second-order valence-corrected chi connectivity index (χ2v) is 6.90. The molecule has 0 aromatic heterocycles. The van der Waals surface area contributed by atoms with Crippen LogP contribution < -0.4 is 0 Å². The highest BCUT2D eigenvalue weighted by molar-refractivity contribution is 8.72. The standard InChI is InChI=1S/C6H13ClO2S2/c1-2-3-5-10-11(8,9)6-4-7/h2-6H2,1H3. The molecule has 5 heteroatoms. The van der Waals surface area contributed by atoms with Crippen molar-refractivity contribution in [2.45, 2.75) is 19.8 Å². The van der Waals surface area contributed by atoms with Gasteiger partial charge in [-0.1, -0.05) is 13.3 Å². The molecule has 0 unspecified atom stereocenters. The largest absolute Gasteiger partial charge is 0.217 e. The summed E-state index contributed by atoms with van der Waals surface area (Å²) in [5, 5.41) is 0. The van der Waals surface area contributed by atoms with Gasteiger partial charge in [0, 0.05) is 11.6 Å². The van der Waals surface area contributed by atoms with E-state index in [9.17, 15) is 8.42 Å². The van der Waals surface area contributed by atoms with E-state index in [4.69, 9.17) is 11.6 Å². The Morgan fingerprint density at radius 3 is 2.55 bits per heavy atom. The highest BCUT2D eigenvalue weighted by Gasteiger charge is 2.08. The van der Waals surface area contributed by atoms with Crippen LogP contribution in [0.25, 0.3) is 0 Å². The average Bonchev–Trinajstić information content (AvgIpc) is 1.87. The predicted octanol–water partition coefficient (Wildman–Crippen LogP) is 2.09. The van der Waals surface area contributed by atoms with Gasteiger partial charge in [0.05, 0.1) is 5.75 Å². The molecule has 0 spiro atoms. The fraction of sp³-hybridized carbons (Fsp3) is 1.00. The molecule has 0 aromatic rings. The lowest BCUT2D eigenvalue weighted by atomic mass is 10.4. The summed E-state index contributed by atoms with van der Waals surface area (Å²) < 4.78 is 22.0. The lowest BCUT2D eigenvalue weighted by molar-refractivity contribution is 0.611. The van der Waals surface area contributed by atoms with Crippen molar-refractivity contribution in [2.24, 2.45) is 0 Å². The zero-order valence-corrected chi connectivity index (χ0v) is 8.94. The monoisotopic (exact) mass is 216 g/mol. The second-order valence-electron chi connectivity index (χ2n) is 2.13. The first-order valence-electron chi connectivity index (χ1n) is 3.55. The third kappa shape index (κ3) is 6.97. The fourth-order valence-corrected chi connectivity index (χ4v) is 4.05. The van der Waals surface area contributed by atoms with Gasteiger partial charge in [0.1, 0.15) is 0 Å². The number of halogens is 1. The van der Waals surface area contributed by atoms with Crippen LogP contribution in [0, 0.1) is 0 Å². The highest BCUT2D eigenvalue weighted by Crippen LogP contribution is 2.14. The molecular weight excluding hydrogens is 204 g/mol. The fourth-order valence-electron chi connectivity index (χ4n) is 0.484. The van der Waals surface area contributed by atoms with Gasteiger partial charge in [-0.15, -0.1) is 11.6 Å². The van der Waals surface area contributed by atoms with Crippen LogP contribution in [0.4, 0.5) is 0 Å². The van der Waals surface area contributed by atoms with Crippen molar-refractivity contribution in [3.63, 3.8) is 0 Å². The molecule has 0 saturated carbocycles. The van der Waals surface area contributed by atoms with Gasteiger partial charge in [-0.2, -0.15) is 0 Å². The molecule has 0 heterocycles. The zero-order chi connectivity index (χ0) is 8.74. The van der Waals surface area contributed by atoms with Gasteiger partial charge in [-0.3, -0.25) is 0 Å². The molecule has 0 rings (SSSR count). The third-order valence-corrected chi connectivity index (χ3v) is 5.10. The van der Waals surface area contributed by atoms with Gasteiger partial charge < -0.3 is 0 Å². The minimum atomic E-state index is -2.92. The van der Waals surface area contributed by atoms with Crippen LogP contribution in [0.1, 0.15) is 19.8 Å². The molecular formula is C6H13ClO2S2. The molecule has 11 heavy (non-hydrogen) atoms. The summed E-state index contributed by atoms with van der Waals surface area (Å²) in [5.41, 5.74) is 0. The number of hydrogen-bond acceptors (Lipinski definition) is 3. The molecule has 0 amide bonds.